The summed E-state index contributed by atoms with van der Waals surface area (Å²) in [5, 5.41) is 6.37. The molecular formula is C15H15ClN4O. The Hall–Kier alpha value is -2.40. The zero-order valence-electron chi connectivity index (χ0n) is 11.6. The predicted octanol–water partition coefficient (Wildman–Crippen LogP) is 3.10. The van der Waals surface area contributed by atoms with Crippen molar-refractivity contribution >= 4 is 29.1 Å². The van der Waals surface area contributed by atoms with Gasteiger partial charge in [-0.2, -0.15) is 0 Å². The van der Waals surface area contributed by atoms with Crippen molar-refractivity contribution in [2.75, 3.05) is 11.9 Å². The Bertz CT molecular complexity index is 672. The van der Waals surface area contributed by atoms with E-state index in [4.69, 9.17) is 11.6 Å². The van der Waals surface area contributed by atoms with Crippen molar-refractivity contribution in [2.45, 2.75) is 6.92 Å². The molecule has 2 N–H and O–H groups in total. The van der Waals surface area contributed by atoms with Crippen molar-refractivity contribution in [3.63, 3.8) is 0 Å². The molecule has 0 saturated heterocycles. The second-order valence-electron chi connectivity index (χ2n) is 4.30. The van der Waals surface area contributed by atoms with Crippen molar-refractivity contribution in [1.29, 1.82) is 0 Å². The Labute approximate surface area is 128 Å². The molecule has 2 rings (SSSR count). The first-order valence-corrected chi connectivity index (χ1v) is 6.74. The Morgan fingerprint density at radius 1 is 1.43 bits per heavy atom. The molecule has 1 aromatic heterocycles. The Balaban J connectivity index is 2.19. The molecule has 0 aliphatic carbocycles. The van der Waals surface area contributed by atoms with Crippen molar-refractivity contribution < 1.29 is 4.79 Å². The summed E-state index contributed by atoms with van der Waals surface area (Å²) in [7, 11) is 0. The lowest BCUT2D eigenvalue weighted by Crippen LogP contribution is -2.24. The van der Waals surface area contributed by atoms with Crippen LogP contribution in [0.15, 0.2) is 43.1 Å². The topological polar surface area (TPSA) is 66.9 Å². The maximum Gasteiger partial charge on any atom is 0.270 e. The molecule has 0 radical (unpaired) electrons. The number of aromatic nitrogens is 2. The quantitative estimate of drug-likeness (QED) is 0.833. The van der Waals surface area contributed by atoms with E-state index in [2.05, 4.69) is 27.2 Å². The first-order valence-electron chi connectivity index (χ1n) is 6.36. The lowest BCUT2D eigenvalue weighted by atomic mass is 10.2. The molecule has 0 bridgehead atoms. The van der Waals surface area contributed by atoms with Crippen LogP contribution in [0.3, 0.4) is 0 Å². The molecule has 108 valence electrons. The highest BCUT2D eigenvalue weighted by molar-refractivity contribution is 6.31. The van der Waals surface area contributed by atoms with Crippen LogP contribution >= 0.6 is 11.6 Å². The first-order chi connectivity index (χ1) is 10.1. The minimum absolute atomic E-state index is 0.275. The van der Waals surface area contributed by atoms with Gasteiger partial charge in [-0.15, -0.1) is 6.58 Å². The summed E-state index contributed by atoms with van der Waals surface area (Å²) in [6.45, 7) is 5.83. The van der Waals surface area contributed by atoms with E-state index in [-0.39, 0.29) is 11.6 Å². The molecule has 0 fully saturated rings. The average Bonchev–Trinajstić information content (AvgIpc) is 2.50. The van der Waals surface area contributed by atoms with Crippen LogP contribution in [0.4, 0.5) is 11.6 Å². The van der Waals surface area contributed by atoms with Gasteiger partial charge >= 0.3 is 0 Å². The van der Waals surface area contributed by atoms with E-state index >= 15 is 0 Å². The maximum absolute atomic E-state index is 11.8. The molecule has 21 heavy (non-hydrogen) atoms. The standard InChI is InChI=1S/C15H15ClN4O/c1-3-8-17-14(21)13-7-9-18-15(20-13)19-12-6-4-5-11(16)10(12)2/h3-7,9H,1,8H2,2H3,(H,17,21)(H,18,19,20). The van der Waals surface area contributed by atoms with Crippen molar-refractivity contribution in [3.05, 3.63) is 59.4 Å². The van der Waals surface area contributed by atoms with Gasteiger partial charge in [0.25, 0.3) is 5.91 Å². The Morgan fingerprint density at radius 2 is 2.24 bits per heavy atom. The second kappa shape index (κ2) is 6.85. The summed E-state index contributed by atoms with van der Waals surface area (Å²) in [5.74, 6) is 0.0646. The first kappa shape index (κ1) is 15.0. The molecule has 2 aromatic rings. The van der Waals surface area contributed by atoms with E-state index in [0.29, 0.717) is 17.5 Å². The minimum atomic E-state index is -0.275. The molecule has 0 atom stereocenters. The van der Waals surface area contributed by atoms with Crippen LogP contribution in [0.5, 0.6) is 0 Å². The molecule has 1 amide bonds. The molecule has 0 unspecified atom stereocenters. The lowest BCUT2D eigenvalue weighted by Gasteiger charge is -2.10. The molecule has 0 spiro atoms. The van der Waals surface area contributed by atoms with Gasteiger partial charge in [-0.25, -0.2) is 9.97 Å². The molecule has 5 nitrogen and oxygen atoms in total. The van der Waals surface area contributed by atoms with Crippen LogP contribution in [0, 0.1) is 6.92 Å². The number of amides is 1. The van der Waals surface area contributed by atoms with Crippen LogP contribution in [0.1, 0.15) is 16.1 Å². The third kappa shape index (κ3) is 3.79. The number of carbonyl (C=O) groups excluding carboxylic acids is 1. The van der Waals surface area contributed by atoms with Gasteiger partial charge in [0.15, 0.2) is 0 Å². The maximum atomic E-state index is 11.8. The van der Waals surface area contributed by atoms with Crippen molar-refractivity contribution in [2.24, 2.45) is 0 Å². The number of halogens is 1. The molecular weight excluding hydrogens is 288 g/mol. The fourth-order valence-electron chi connectivity index (χ4n) is 1.66. The summed E-state index contributed by atoms with van der Waals surface area (Å²) in [6.07, 6.45) is 3.13. The smallest absolute Gasteiger partial charge is 0.270 e. The van der Waals surface area contributed by atoms with Gasteiger partial charge in [0.05, 0.1) is 0 Å². The zero-order valence-corrected chi connectivity index (χ0v) is 12.3. The summed E-state index contributed by atoms with van der Waals surface area (Å²) in [6, 6.07) is 7.06. The van der Waals surface area contributed by atoms with Gasteiger partial charge in [0, 0.05) is 23.5 Å². The van der Waals surface area contributed by atoms with Crippen molar-refractivity contribution in [3.8, 4) is 0 Å². The molecule has 1 heterocycles. The third-order valence-corrected chi connectivity index (χ3v) is 3.22. The number of nitrogens with zero attached hydrogens (tertiary/aromatic N) is 2. The molecule has 6 heteroatoms. The monoisotopic (exact) mass is 302 g/mol. The van der Waals surface area contributed by atoms with Gasteiger partial charge in [0.1, 0.15) is 5.69 Å². The number of benzene rings is 1. The third-order valence-electron chi connectivity index (χ3n) is 2.81. The van der Waals surface area contributed by atoms with Crippen molar-refractivity contribution in [1.82, 2.24) is 15.3 Å². The van der Waals surface area contributed by atoms with Crippen LogP contribution < -0.4 is 10.6 Å². The summed E-state index contributed by atoms with van der Waals surface area (Å²) in [5.41, 5.74) is 1.98. The number of nitrogens with one attached hydrogen (secondary N) is 2. The van der Waals surface area contributed by atoms with Gasteiger partial charge < -0.3 is 10.6 Å². The number of carbonyl (C=O) groups is 1. The summed E-state index contributed by atoms with van der Waals surface area (Å²) in [4.78, 5) is 20.1. The lowest BCUT2D eigenvalue weighted by molar-refractivity contribution is 0.0953. The highest BCUT2D eigenvalue weighted by Crippen LogP contribution is 2.24. The van der Waals surface area contributed by atoms with Gasteiger partial charge in [-0.1, -0.05) is 23.7 Å². The minimum Gasteiger partial charge on any atom is -0.347 e. The average molecular weight is 303 g/mol. The van der Waals surface area contributed by atoms with E-state index in [0.717, 1.165) is 11.3 Å². The molecule has 0 saturated carbocycles. The predicted molar refractivity (Wildman–Crippen MR) is 84.0 cm³/mol. The summed E-state index contributed by atoms with van der Waals surface area (Å²) >= 11 is 6.06. The normalized spacial score (nSPS) is 10.0. The molecule has 0 aliphatic rings. The van der Waals surface area contributed by atoms with Gasteiger partial charge in [-0.05, 0) is 30.7 Å². The number of hydrogen-bond donors (Lipinski definition) is 2. The fraction of sp³-hybridized carbons (Fsp3) is 0.133. The van der Waals surface area contributed by atoms with Crippen LogP contribution in [-0.2, 0) is 0 Å². The van der Waals surface area contributed by atoms with Crippen LogP contribution in [0.2, 0.25) is 5.02 Å². The SMILES string of the molecule is C=CCNC(=O)c1ccnc(Nc2cccc(Cl)c2C)n1. The van der Waals surface area contributed by atoms with E-state index in [1.54, 1.807) is 12.1 Å². The van der Waals surface area contributed by atoms with E-state index in [1.807, 2.05) is 25.1 Å². The number of anilines is 2. The number of hydrogen-bond acceptors (Lipinski definition) is 4. The highest BCUT2D eigenvalue weighted by atomic mass is 35.5. The summed E-state index contributed by atoms with van der Waals surface area (Å²) < 4.78 is 0. The van der Waals surface area contributed by atoms with E-state index < -0.39 is 0 Å². The Morgan fingerprint density at radius 3 is 3.00 bits per heavy atom. The van der Waals surface area contributed by atoms with E-state index in [9.17, 15) is 4.79 Å². The molecule has 1 aromatic carbocycles. The fourth-order valence-corrected chi connectivity index (χ4v) is 1.84. The van der Waals surface area contributed by atoms with Crippen LogP contribution in [0.25, 0.3) is 0 Å². The highest BCUT2D eigenvalue weighted by Gasteiger charge is 2.09. The number of rotatable bonds is 5. The largest absolute Gasteiger partial charge is 0.347 e. The molecule has 0 aliphatic heterocycles. The second-order valence-corrected chi connectivity index (χ2v) is 4.71. The van der Waals surface area contributed by atoms with E-state index in [1.165, 1.54) is 6.20 Å². The van der Waals surface area contributed by atoms with Crippen LogP contribution in [-0.4, -0.2) is 22.4 Å². The Kier molecular flexibility index (Phi) is 4.90. The van der Waals surface area contributed by atoms with Gasteiger partial charge in [0.2, 0.25) is 5.95 Å². The zero-order chi connectivity index (χ0) is 15.2. The van der Waals surface area contributed by atoms with Gasteiger partial charge in [-0.3, -0.25) is 4.79 Å².